The average Bonchev–Trinajstić information content (AvgIpc) is 2.39. The summed E-state index contributed by atoms with van der Waals surface area (Å²) in [4.78, 5) is 4.54. The summed E-state index contributed by atoms with van der Waals surface area (Å²) in [6, 6.07) is 10.8. The number of piperidine rings is 1. The third-order valence-corrected chi connectivity index (χ3v) is 3.26. The number of aromatic nitrogens is 1. The molecule has 2 nitrogen and oxygen atoms in total. The molecule has 1 aliphatic rings. The molecule has 0 amide bonds. The van der Waals surface area contributed by atoms with Gasteiger partial charge in [-0.15, -0.1) is 0 Å². The largest absolute Gasteiger partial charge is 0.259 e. The fourth-order valence-corrected chi connectivity index (χ4v) is 2.42. The van der Waals surface area contributed by atoms with Gasteiger partial charge in [0.25, 0.3) is 0 Å². The fraction of sp³-hybridized carbons (Fsp3) is 0.357. The van der Waals surface area contributed by atoms with Crippen LogP contribution < -0.4 is 5.32 Å². The van der Waals surface area contributed by atoms with Crippen molar-refractivity contribution in [3.63, 3.8) is 0 Å². The Kier molecular flexibility index (Phi) is 2.58. The lowest BCUT2D eigenvalue weighted by molar-refractivity contribution is 0.399. The van der Waals surface area contributed by atoms with Crippen molar-refractivity contribution in [1.82, 2.24) is 10.3 Å². The topological polar surface area (TPSA) is 27.0 Å². The highest BCUT2D eigenvalue weighted by Crippen LogP contribution is 2.28. The molecule has 0 spiro atoms. The molecule has 2 heteroatoms. The van der Waals surface area contributed by atoms with Gasteiger partial charge in [0.2, 0.25) is 0 Å². The zero-order valence-electron chi connectivity index (χ0n) is 9.26. The van der Waals surface area contributed by atoms with E-state index in [9.17, 15) is 0 Å². The van der Waals surface area contributed by atoms with Crippen LogP contribution in [0.1, 0.15) is 31.0 Å². The van der Waals surface area contributed by atoms with E-state index in [0.29, 0.717) is 6.04 Å². The summed E-state index contributed by atoms with van der Waals surface area (Å²) in [5.74, 6) is 0. The van der Waals surface area contributed by atoms with E-state index in [0.717, 1.165) is 18.7 Å². The molecule has 0 N–H and O–H groups in total. The maximum Gasteiger partial charge on any atom is 0.0674 e. The Hall–Kier alpha value is -1.41. The highest BCUT2D eigenvalue weighted by atomic mass is 14.9. The van der Waals surface area contributed by atoms with Crippen LogP contribution in [0.4, 0.5) is 0 Å². The number of benzene rings is 1. The van der Waals surface area contributed by atoms with Gasteiger partial charge in [0.05, 0.1) is 11.7 Å². The van der Waals surface area contributed by atoms with Crippen LogP contribution in [0, 0.1) is 0 Å². The van der Waals surface area contributed by atoms with Gasteiger partial charge in [-0.05, 0) is 24.3 Å². The molecule has 1 unspecified atom stereocenters. The molecule has 2 aromatic rings. The van der Waals surface area contributed by atoms with E-state index in [2.05, 4.69) is 40.6 Å². The van der Waals surface area contributed by atoms with Crippen LogP contribution in [-0.4, -0.2) is 11.5 Å². The minimum Gasteiger partial charge on any atom is -0.259 e. The molecule has 0 aliphatic carbocycles. The first-order chi connectivity index (χ1) is 7.95. The normalized spacial score (nSPS) is 21.1. The van der Waals surface area contributed by atoms with Gasteiger partial charge in [-0.3, -0.25) is 4.98 Å². The summed E-state index contributed by atoms with van der Waals surface area (Å²) in [5, 5.41) is 7.22. The molecule has 3 rings (SSSR count). The number of nitrogens with zero attached hydrogens (tertiary/aromatic N) is 2. The van der Waals surface area contributed by atoms with E-state index in [-0.39, 0.29) is 0 Å². The Balaban J connectivity index is 2.08. The summed E-state index contributed by atoms with van der Waals surface area (Å²) < 4.78 is 0. The van der Waals surface area contributed by atoms with Gasteiger partial charge < -0.3 is 0 Å². The lowest BCUT2D eigenvalue weighted by Crippen LogP contribution is -2.21. The third-order valence-electron chi connectivity index (χ3n) is 3.26. The van der Waals surface area contributed by atoms with Gasteiger partial charge in [0, 0.05) is 18.1 Å². The summed E-state index contributed by atoms with van der Waals surface area (Å²) in [6.45, 7) is 0.996. The van der Waals surface area contributed by atoms with Crippen LogP contribution in [0.5, 0.6) is 0 Å². The molecule has 0 bridgehead atoms. The van der Waals surface area contributed by atoms with E-state index >= 15 is 0 Å². The van der Waals surface area contributed by atoms with Gasteiger partial charge in [-0.2, -0.15) is 0 Å². The smallest absolute Gasteiger partial charge is 0.0674 e. The van der Waals surface area contributed by atoms with Gasteiger partial charge in [0.15, 0.2) is 0 Å². The fourth-order valence-electron chi connectivity index (χ4n) is 2.42. The van der Waals surface area contributed by atoms with Crippen molar-refractivity contribution in [3.05, 3.63) is 42.2 Å². The summed E-state index contributed by atoms with van der Waals surface area (Å²) in [7, 11) is 0. The van der Waals surface area contributed by atoms with Gasteiger partial charge >= 0.3 is 0 Å². The van der Waals surface area contributed by atoms with Gasteiger partial charge in [-0.25, -0.2) is 5.32 Å². The predicted octanol–water partition coefficient (Wildman–Crippen LogP) is 3.06. The Labute approximate surface area is 95.7 Å². The lowest BCUT2D eigenvalue weighted by Gasteiger charge is -2.22. The van der Waals surface area contributed by atoms with Crippen LogP contribution in [0.25, 0.3) is 10.8 Å². The molecule has 1 saturated heterocycles. The van der Waals surface area contributed by atoms with Crippen molar-refractivity contribution >= 4 is 10.8 Å². The van der Waals surface area contributed by atoms with Crippen LogP contribution in [0.3, 0.4) is 0 Å². The summed E-state index contributed by atoms with van der Waals surface area (Å²) in [6.07, 6.45) is 5.57. The number of rotatable bonds is 1. The van der Waals surface area contributed by atoms with Crippen LogP contribution in [0.15, 0.2) is 36.5 Å². The number of fused-ring (bicyclic) bond motifs is 1. The molecular weight excluding hydrogens is 196 g/mol. The van der Waals surface area contributed by atoms with Crippen molar-refractivity contribution < 1.29 is 0 Å². The second kappa shape index (κ2) is 4.22. The van der Waals surface area contributed by atoms with Crippen LogP contribution >= 0.6 is 0 Å². The second-order valence-corrected chi connectivity index (χ2v) is 4.34. The Morgan fingerprint density at radius 1 is 1.06 bits per heavy atom. The first-order valence-electron chi connectivity index (χ1n) is 5.95. The van der Waals surface area contributed by atoms with Crippen molar-refractivity contribution in [2.75, 3.05) is 6.54 Å². The van der Waals surface area contributed by atoms with E-state index in [1.54, 1.807) is 0 Å². The lowest BCUT2D eigenvalue weighted by atomic mass is 9.98. The second-order valence-electron chi connectivity index (χ2n) is 4.34. The van der Waals surface area contributed by atoms with Gasteiger partial charge in [0.1, 0.15) is 0 Å². The third kappa shape index (κ3) is 1.69. The van der Waals surface area contributed by atoms with Gasteiger partial charge in [-0.1, -0.05) is 30.7 Å². The molecule has 2 heterocycles. The van der Waals surface area contributed by atoms with E-state index in [4.69, 9.17) is 0 Å². The zero-order valence-corrected chi connectivity index (χ0v) is 9.26. The number of hydrogen-bond acceptors (Lipinski definition) is 1. The molecule has 1 radical (unpaired) electrons. The average molecular weight is 211 g/mol. The van der Waals surface area contributed by atoms with Crippen molar-refractivity contribution in [1.29, 1.82) is 0 Å². The van der Waals surface area contributed by atoms with E-state index < -0.39 is 0 Å². The monoisotopic (exact) mass is 211 g/mol. The summed E-state index contributed by atoms with van der Waals surface area (Å²) in [5.41, 5.74) is 1.16. The Morgan fingerprint density at radius 2 is 2.00 bits per heavy atom. The minimum absolute atomic E-state index is 0.319. The molecule has 16 heavy (non-hydrogen) atoms. The predicted molar refractivity (Wildman–Crippen MR) is 65.3 cm³/mol. The maximum absolute atomic E-state index is 4.69. The molecule has 0 saturated carbocycles. The van der Waals surface area contributed by atoms with E-state index in [1.807, 2.05) is 6.20 Å². The van der Waals surface area contributed by atoms with Crippen LogP contribution in [-0.2, 0) is 0 Å². The number of hydrogen-bond donors (Lipinski definition) is 0. The van der Waals surface area contributed by atoms with Crippen molar-refractivity contribution in [3.8, 4) is 0 Å². The Bertz CT molecular complexity index is 482. The van der Waals surface area contributed by atoms with Crippen molar-refractivity contribution in [2.24, 2.45) is 0 Å². The molecule has 81 valence electrons. The highest BCUT2D eigenvalue weighted by Gasteiger charge is 2.18. The first-order valence-corrected chi connectivity index (χ1v) is 5.95. The Morgan fingerprint density at radius 3 is 2.88 bits per heavy atom. The minimum atomic E-state index is 0.319. The molecule has 1 aromatic heterocycles. The van der Waals surface area contributed by atoms with Crippen LogP contribution in [0.2, 0.25) is 0 Å². The highest BCUT2D eigenvalue weighted by molar-refractivity contribution is 5.84. The zero-order chi connectivity index (χ0) is 10.8. The first kappa shape index (κ1) is 9.79. The molecule has 1 atom stereocenters. The standard InChI is InChI=1S/C14H15N2/c1-2-6-12-11(5-1)8-10-16-14(12)13-7-3-4-9-15-13/h1-2,5-6,8,10,13H,3-4,7,9H2. The van der Waals surface area contributed by atoms with Crippen molar-refractivity contribution in [2.45, 2.75) is 25.3 Å². The quantitative estimate of drug-likeness (QED) is 0.712. The SMILES string of the molecule is c1ccc2c(C3CCCC[N]3)nccc2c1. The van der Waals surface area contributed by atoms with E-state index in [1.165, 1.54) is 23.6 Å². The molecule has 1 aromatic carbocycles. The molecular formula is C14H15N2. The maximum atomic E-state index is 4.69. The molecule has 1 aliphatic heterocycles. The molecule has 1 fully saturated rings. The number of pyridine rings is 1. The summed E-state index contributed by atoms with van der Waals surface area (Å²) >= 11 is 0.